The lowest BCUT2D eigenvalue weighted by atomic mass is 10.1. The van der Waals surface area contributed by atoms with Gasteiger partial charge in [-0.1, -0.05) is 23.7 Å². The molecule has 148 valence electrons. The zero-order valence-electron chi connectivity index (χ0n) is 15.9. The summed E-state index contributed by atoms with van der Waals surface area (Å²) in [5, 5.41) is 14.6. The number of benzene rings is 2. The van der Waals surface area contributed by atoms with E-state index in [0.717, 1.165) is 11.3 Å². The van der Waals surface area contributed by atoms with Gasteiger partial charge in [-0.15, -0.1) is 0 Å². The predicted octanol–water partition coefficient (Wildman–Crippen LogP) is 3.71. The fraction of sp³-hybridized carbons (Fsp3) is 0.350. The Morgan fingerprint density at radius 3 is 2.54 bits per heavy atom. The quantitative estimate of drug-likeness (QED) is 0.609. The van der Waals surface area contributed by atoms with Crippen LogP contribution in [0.3, 0.4) is 0 Å². The number of halogens is 1. The number of carbonyl (C=O) groups excluding carboxylic acids is 1. The molecule has 7 nitrogen and oxygen atoms in total. The molecule has 1 N–H and O–H groups in total. The van der Waals surface area contributed by atoms with Crippen LogP contribution >= 0.6 is 11.6 Å². The number of nitro benzene ring substituents is 1. The SMILES string of the molecule is Cc1cccc(NC(=O)C(C)N2CCN(c3ccc(Cl)cc3[N+](=O)[O-])CC2)c1. The van der Waals surface area contributed by atoms with Gasteiger partial charge in [-0.3, -0.25) is 19.8 Å². The Balaban J connectivity index is 1.62. The van der Waals surface area contributed by atoms with E-state index in [1.165, 1.54) is 6.07 Å². The van der Waals surface area contributed by atoms with Gasteiger partial charge in [0.05, 0.1) is 11.0 Å². The van der Waals surface area contributed by atoms with Gasteiger partial charge in [-0.2, -0.15) is 0 Å². The maximum absolute atomic E-state index is 12.6. The molecule has 28 heavy (non-hydrogen) atoms. The standard InChI is InChI=1S/C20H23ClN4O3/c1-14-4-3-5-17(12-14)22-20(26)15(2)23-8-10-24(11-9-23)18-7-6-16(21)13-19(18)25(27)28/h3-7,12-13,15H,8-11H2,1-2H3,(H,22,26). The van der Waals surface area contributed by atoms with Crippen molar-refractivity contribution in [1.29, 1.82) is 0 Å². The Kier molecular flexibility index (Phi) is 6.16. The van der Waals surface area contributed by atoms with Crippen molar-refractivity contribution in [3.05, 3.63) is 63.2 Å². The zero-order valence-corrected chi connectivity index (χ0v) is 16.6. The average Bonchev–Trinajstić information content (AvgIpc) is 2.67. The number of nitro groups is 1. The number of rotatable bonds is 5. The number of hydrogen-bond donors (Lipinski definition) is 1. The van der Waals surface area contributed by atoms with Crippen molar-refractivity contribution in [2.45, 2.75) is 19.9 Å². The summed E-state index contributed by atoms with van der Waals surface area (Å²) in [6, 6.07) is 12.1. The van der Waals surface area contributed by atoms with Crippen molar-refractivity contribution in [3.63, 3.8) is 0 Å². The highest BCUT2D eigenvalue weighted by Gasteiger charge is 2.28. The second-order valence-electron chi connectivity index (χ2n) is 6.95. The van der Waals surface area contributed by atoms with Crippen LogP contribution in [0, 0.1) is 17.0 Å². The minimum absolute atomic E-state index is 0.00573. The molecule has 8 heteroatoms. The number of nitrogens with zero attached hydrogens (tertiary/aromatic N) is 3. The van der Waals surface area contributed by atoms with Gasteiger partial charge in [0.1, 0.15) is 5.69 Å². The monoisotopic (exact) mass is 402 g/mol. The Morgan fingerprint density at radius 1 is 1.18 bits per heavy atom. The van der Waals surface area contributed by atoms with Crippen molar-refractivity contribution >= 4 is 34.6 Å². The second-order valence-corrected chi connectivity index (χ2v) is 7.38. The fourth-order valence-electron chi connectivity index (χ4n) is 3.40. The van der Waals surface area contributed by atoms with Gasteiger partial charge in [0, 0.05) is 43.0 Å². The van der Waals surface area contributed by atoms with Crippen LogP contribution in [0.25, 0.3) is 0 Å². The lowest BCUT2D eigenvalue weighted by Crippen LogP contribution is -2.53. The van der Waals surface area contributed by atoms with Crippen LogP contribution in [0.15, 0.2) is 42.5 Å². The molecule has 2 aromatic carbocycles. The molecule has 2 aromatic rings. The average molecular weight is 403 g/mol. The molecule has 1 atom stereocenters. The molecule has 0 radical (unpaired) electrons. The number of amides is 1. The van der Waals surface area contributed by atoms with E-state index in [4.69, 9.17) is 11.6 Å². The molecule has 1 heterocycles. The summed E-state index contributed by atoms with van der Waals surface area (Å²) < 4.78 is 0. The van der Waals surface area contributed by atoms with Crippen LogP contribution in [0.2, 0.25) is 5.02 Å². The van der Waals surface area contributed by atoms with Crippen molar-refractivity contribution < 1.29 is 9.72 Å². The van der Waals surface area contributed by atoms with Crippen molar-refractivity contribution in [3.8, 4) is 0 Å². The summed E-state index contributed by atoms with van der Waals surface area (Å²) in [6.45, 7) is 6.35. The minimum Gasteiger partial charge on any atom is -0.363 e. The summed E-state index contributed by atoms with van der Waals surface area (Å²) in [5.41, 5.74) is 2.44. The van der Waals surface area contributed by atoms with E-state index in [1.807, 2.05) is 43.0 Å². The van der Waals surface area contributed by atoms with E-state index < -0.39 is 4.92 Å². The Hall–Kier alpha value is -2.64. The third-order valence-corrected chi connectivity index (χ3v) is 5.24. The number of carbonyl (C=O) groups is 1. The Bertz CT molecular complexity index is 882. The van der Waals surface area contributed by atoms with Crippen LogP contribution < -0.4 is 10.2 Å². The highest BCUT2D eigenvalue weighted by molar-refractivity contribution is 6.30. The van der Waals surface area contributed by atoms with E-state index in [-0.39, 0.29) is 17.6 Å². The molecule has 0 aromatic heterocycles. The van der Waals surface area contributed by atoms with Crippen molar-refractivity contribution in [2.24, 2.45) is 0 Å². The Morgan fingerprint density at radius 2 is 1.89 bits per heavy atom. The molecular formula is C20H23ClN4O3. The first kappa shape index (κ1) is 20.1. The van der Waals surface area contributed by atoms with E-state index >= 15 is 0 Å². The predicted molar refractivity (Wildman–Crippen MR) is 111 cm³/mol. The molecule has 1 unspecified atom stereocenters. The fourth-order valence-corrected chi connectivity index (χ4v) is 3.56. The van der Waals surface area contributed by atoms with Crippen LogP contribution in [-0.2, 0) is 4.79 Å². The van der Waals surface area contributed by atoms with E-state index in [2.05, 4.69) is 10.2 Å². The van der Waals surface area contributed by atoms with Gasteiger partial charge in [0.25, 0.3) is 5.69 Å². The Labute approximate surface area is 169 Å². The lowest BCUT2D eigenvalue weighted by Gasteiger charge is -2.38. The van der Waals surface area contributed by atoms with Crippen molar-refractivity contribution in [1.82, 2.24) is 4.90 Å². The maximum atomic E-state index is 12.6. The van der Waals surface area contributed by atoms with Gasteiger partial charge < -0.3 is 10.2 Å². The number of nitrogens with one attached hydrogen (secondary N) is 1. The number of hydrogen-bond acceptors (Lipinski definition) is 5. The van der Waals surface area contributed by atoms with E-state index in [9.17, 15) is 14.9 Å². The first-order chi connectivity index (χ1) is 13.3. The maximum Gasteiger partial charge on any atom is 0.294 e. The van der Waals surface area contributed by atoms with Crippen LogP contribution in [0.1, 0.15) is 12.5 Å². The first-order valence-corrected chi connectivity index (χ1v) is 9.53. The highest BCUT2D eigenvalue weighted by atomic mass is 35.5. The summed E-state index contributed by atoms with van der Waals surface area (Å²) in [5.74, 6) is -0.0588. The molecule has 1 saturated heterocycles. The third kappa shape index (κ3) is 4.61. The summed E-state index contributed by atoms with van der Waals surface area (Å²) in [7, 11) is 0. The van der Waals surface area contributed by atoms with Gasteiger partial charge in [0.2, 0.25) is 5.91 Å². The molecule has 0 bridgehead atoms. The highest BCUT2D eigenvalue weighted by Crippen LogP contribution is 2.31. The number of aryl methyl sites for hydroxylation is 1. The summed E-state index contributed by atoms with van der Waals surface area (Å²) in [4.78, 5) is 27.6. The minimum atomic E-state index is -0.411. The molecule has 1 amide bonds. The largest absolute Gasteiger partial charge is 0.363 e. The van der Waals surface area contributed by atoms with Gasteiger partial charge >= 0.3 is 0 Å². The summed E-state index contributed by atoms with van der Waals surface area (Å²) in [6.07, 6.45) is 0. The summed E-state index contributed by atoms with van der Waals surface area (Å²) >= 11 is 5.90. The third-order valence-electron chi connectivity index (χ3n) is 5.00. The van der Waals surface area contributed by atoms with Gasteiger partial charge in [-0.05, 0) is 43.7 Å². The van der Waals surface area contributed by atoms with E-state index in [1.54, 1.807) is 12.1 Å². The molecule has 0 spiro atoms. The van der Waals surface area contributed by atoms with Crippen LogP contribution in [0.5, 0.6) is 0 Å². The number of piperazine rings is 1. The smallest absolute Gasteiger partial charge is 0.294 e. The molecule has 1 aliphatic rings. The first-order valence-electron chi connectivity index (χ1n) is 9.15. The normalized spacial score (nSPS) is 15.9. The molecular weight excluding hydrogens is 380 g/mol. The van der Waals surface area contributed by atoms with E-state index in [0.29, 0.717) is 36.9 Å². The lowest BCUT2D eigenvalue weighted by molar-refractivity contribution is -0.384. The topological polar surface area (TPSA) is 78.7 Å². The van der Waals surface area contributed by atoms with Gasteiger partial charge in [-0.25, -0.2) is 0 Å². The van der Waals surface area contributed by atoms with Crippen molar-refractivity contribution in [2.75, 3.05) is 36.4 Å². The number of anilines is 2. The molecule has 0 aliphatic carbocycles. The molecule has 3 rings (SSSR count). The van der Waals surface area contributed by atoms with Crippen LogP contribution in [-0.4, -0.2) is 48.0 Å². The van der Waals surface area contributed by atoms with Gasteiger partial charge in [0.15, 0.2) is 0 Å². The second kappa shape index (κ2) is 8.58. The molecule has 0 saturated carbocycles. The molecule has 1 fully saturated rings. The zero-order chi connectivity index (χ0) is 20.3. The van der Waals surface area contributed by atoms with Crippen LogP contribution in [0.4, 0.5) is 17.1 Å². The molecule has 1 aliphatic heterocycles.